The van der Waals surface area contributed by atoms with Crippen molar-refractivity contribution in [3.63, 3.8) is 0 Å². The molecule has 1 N–H and O–H groups in total. The number of furan rings is 1. The van der Waals surface area contributed by atoms with Crippen molar-refractivity contribution in [2.75, 3.05) is 6.61 Å². The molecule has 0 radical (unpaired) electrons. The minimum atomic E-state index is -0.772. The Labute approximate surface area is 175 Å². The second-order valence-electron chi connectivity index (χ2n) is 6.18. The summed E-state index contributed by atoms with van der Waals surface area (Å²) in [4.78, 5) is 36.5. The fraction of sp³-hybridized carbons (Fsp3) is 0.190. The Hall–Kier alpha value is -3.46. The summed E-state index contributed by atoms with van der Waals surface area (Å²) in [6.45, 7) is 1.36. The number of rotatable bonds is 9. The summed E-state index contributed by atoms with van der Waals surface area (Å²) in [6, 6.07) is 11.8. The van der Waals surface area contributed by atoms with Gasteiger partial charge in [0.15, 0.2) is 6.61 Å². The molecular weight excluding hydrogens is 413 g/mol. The van der Waals surface area contributed by atoms with E-state index >= 15 is 0 Å². The first-order valence-electron chi connectivity index (χ1n) is 8.91. The predicted octanol–water partition coefficient (Wildman–Crippen LogP) is 3.74. The summed E-state index contributed by atoms with van der Waals surface area (Å²) in [5.41, 5.74) is 0. The van der Waals surface area contributed by atoms with E-state index in [4.69, 9.17) is 13.9 Å². The Morgan fingerprint density at radius 1 is 1.07 bits per heavy atom. The fourth-order valence-electron chi connectivity index (χ4n) is 2.36. The third-order valence-corrected chi connectivity index (χ3v) is 4.97. The maximum atomic E-state index is 12.9. The second-order valence-corrected chi connectivity index (χ2v) is 7.35. The topological polar surface area (TPSA) is 94.8 Å². The number of nitrogens with one attached hydrogen (secondary N) is 1. The molecule has 0 aliphatic rings. The average molecular weight is 431 g/mol. The molecule has 0 unspecified atom stereocenters. The van der Waals surface area contributed by atoms with Crippen LogP contribution in [0.1, 0.15) is 37.8 Å². The number of hydrogen-bond donors (Lipinski definition) is 1. The zero-order valence-electron chi connectivity index (χ0n) is 16.0. The molecule has 1 amide bonds. The standard InChI is InChI=1S/C21H18FNO6S/c1-13(24)23-10-17-7-9-20(30-17)18(25)12-28-21(26)19-8-6-16(29-19)11-27-15-4-2-14(22)3-5-15/h2-9H,10-12H2,1H3,(H,23,24). The molecule has 3 aromatic rings. The van der Waals surface area contributed by atoms with E-state index in [2.05, 4.69) is 5.32 Å². The Balaban J connectivity index is 1.47. The lowest BCUT2D eigenvalue weighted by Crippen LogP contribution is -2.18. The number of esters is 1. The molecule has 0 saturated heterocycles. The summed E-state index contributed by atoms with van der Waals surface area (Å²) in [7, 11) is 0. The van der Waals surface area contributed by atoms with Crippen LogP contribution in [0.4, 0.5) is 4.39 Å². The molecule has 0 aliphatic carbocycles. The molecule has 30 heavy (non-hydrogen) atoms. The summed E-state index contributed by atoms with van der Waals surface area (Å²) in [6.07, 6.45) is 0. The van der Waals surface area contributed by atoms with E-state index in [-0.39, 0.29) is 29.9 Å². The summed E-state index contributed by atoms with van der Waals surface area (Å²) in [5, 5.41) is 2.65. The van der Waals surface area contributed by atoms with Crippen molar-refractivity contribution in [3.8, 4) is 5.75 Å². The molecule has 7 nitrogen and oxygen atoms in total. The van der Waals surface area contributed by atoms with Crippen LogP contribution in [0.3, 0.4) is 0 Å². The van der Waals surface area contributed by atoms with E-state index < -0.39 is 12.6 Å². The van der Waals surface area contributed by atoms with Crippen LogP contribution in [0.25, 0.3) is 0 Å². The van der Waals surface area contributed by atoms with Gasteiger partial charge >= 0.3 is 5.97 Å². The zero-order chi connectivity index (χ0) is 21.5. The fourth-order valence-corrected chi connectivity index (χ4v) is 3.23. The number of thiophene rings is 1. The Morgan fingerprint density at radius 3 is 2.57 bits per heavy atom. The average Bonchev–Trinajstić information content (AvgIpc) is 3.39. The Bertz CT molecular complexity index is 1040. The van der Waals surface area contributed by atoms with Gasteiger partial charge in [0, 0.05) is 11.8 Å². The number of halogens is 1. The zero-order valence-corrected chi connectivity index (χ0v) is 16.8. The van der Waals surface area contributed by atoms with Crippen LogP contribution in [-0.4, -0.2) is 24.3 Å². The van der Waals surface area contributed by atoms with Crippen molar-refractivity contribution < 1.29 is 32.7 Å². The third kappa shape index (κ3) is 6.02. The summed E-state index contributed by atoms with van der Waals surface area (Å²) < 4.78 is 28.7. The SMILES string of the molecule is CC(=O)NCc1ccc(C(=O)COC(=O)c2ccc(COc3ccc(F)cc3)o2)s1. The number of hydrogen-bond acceptors (Lipinski definition) is 7. The lowest BCUT2D eigenvalue weighted by molar-refractivity contribution is -0.119. The number of ether oxygens (including phenoxy) is 2. The predicted molar refractivity (Wildman–Crippen MR) is 106 cm³/mol. The molecule has 2 heterocycles. The van der Waals surface area contributed by atoms with Crippen LogP contribution in [0.5, 0.6) is 5.75 Å². The molecule has 156 valence electrons. The quantitative estimate of drug-likeness (QED) is 0.410. The van der Waals surface area contributed by atoms with Gasteiger partial charge in [-0.3, -0.25) is 9.59 Å². The van der Waals surface area contributed by atoms with Gasteiger partial charge in [-0.05, 0) is 48.5 Å². The summed E-state index contributed by atoms with van der Waals surface area (Å²) >= 11 is 1.22. The van der Waals surface area contributed by atoms with Gasteiger partial charge < -0.3 is 19.2 Å². The van der Waals surface area contributed by atoms with E-state index in [9.17, 15) is 18.8 Å². The van der Waals surface area contributed by atoms with Crippen molar-refractivity contribution in [2.24, 2.45) is 0 Å². The molecule has 2 aromatic heterocycles. The van der Waals surface area contributed by atoms with Crippen LogP contribution >= 0.6 is 11.3 Å². The molecule has 9 heteroatoms. The molecule has 1 aromatic carbocycles. The van der Waals surface area contributed by atoms with Gasteiger partial charge in [0.2, 0.25) is 17.5 Å². The lowest BCUT2D eigenvalue weighted by Gasteiger charge is -2.04. The number of amides is 1. The van der Waals surface area contributed by atoms with E-state index in [1.807, 2.05) is 0 Å². The maximum Gasteiger partial charge on any atom is 0.374 e. The van der Waals surface area contributed by atoms with Crippen molar-refractivity contribution in [1.29, 1.82) is 0 Å². The Kier molecular flexibility index (Phi) is 6.97. The van der Waals surface area contributed by atoms with Gasteiger partial charge in [0.25, 0.3) is 0 Å². The number of carbonyl (C=O) groups is 3. The van der Waals surface area contributed by atoms with Gasteiger partial charge in [0.05, 0.1) is 11.4 Å². The molecule has 0 spiro atoms. The van der Waals surface area contributed by atoms with Crippen LogP contribution in [0.2, 0.25) is 0 Å². The first-order chi connectivity index (χ1) is 14.4. The van der Waals surface area contributed by atoms with E-state index in [1.165, 1.54) is 48.6 Å². The minimum absolute atomic E-state index is 0.0457. The highest BCUT2D eigenvalue weighted by atomic mass is 32.1. The highest BCUT2D eigenvalue weighted by Crippen LogP contribution is 2.18. The largest absolute Gasteiger partial charge is 0.486 e. The van der Waals surface area contributed by atoms with Gasteiger partial charge in [-0.2, -0.15) is 0 Å². The van der Waals surface area contributed by atoms with Crippen molar-refractivity contribution >= 4 is 29.0 Å². The molecule has 0 atom stereocenters. The van der Waals surface area contributed by atoms with Gasteiger partial charge in [-0.25, -0.2) is 9.18 Å². The molecule has 0 saturated carbocycles. The number of Topliss-reactive ketones (excluding diaryl/α,β-unsaturated/α-hetero) is 1. The third-order valence-electron chi connectivity index (χ3n) is 3.84. The maximum absolute atomic E-state index is 12.9. The molecule has 0 aliphatic heterocycles. The van der Waals surface area contributed by atoms with E-state index in [1.54, 1.807) is 18.2 Å². The molecule has 0 bridgehead atoms. The van der Waals surface area contributed by atoms with Crippen LogP contribution in [-0.2, 0) is 22.7 Å². The van der Waals surface area contributed by atoms with Gasteiger partial charge in [-0.1, -0.05) is 0 Å². The van der Waals surface area contributed by atoms with Crippen LogP contribution in [0.15, 0.2) is 52.9 Å². The number of benzene rings is 1. The molecular formula is C21H18FNO6S. The van der Waals surface area contributed by atoms with Gasteiger partial charge in [-0.15, -0.1) is 11.3 Å². The highest BCUT2D eigenvalue weighted by molar-refractivity contribution is 7.14. The van der Waals surface area contributed by atoms with Gasteiger partial charge in [0.1, 0.15) is 23.9 Å². The number of ketones is 1. The minimum Gasteiger partial charge on any atom is -0.486 e. The molecule has 0 fully saturated rings. The first kappa shape index (κ1) is 21.3. The monoisotopic (exact) mass is 431 g/mol. The van der Waals surface area contributed by atoms with Crippen molar-refractivity contribution in [2.45, 2.75) is 20.1 Å². The Morgan fingerprint density at radius 2 is 1.83 bits per heavy atom. The number of carbonyl (C=O) groups excluding carboxylic acids is 3. The molecule has 3 rings (SSSR count). The lowest BCUT2D eigenvalue weighted by atomic mass is 10.3. The van der Waals surface area contributed by atoms with Crippen molar-refractivity contribution in [3.05, 3.63) is 75.6 Å². The van der Waals surface area contributed by atoms with Crippen molar-refractivity contribution in [1.82, 2.24) is 5.32 Å². The van der Waals surface area contributed by atoms with E-state index in [0.717, 1.165) is 4.88 Å². The second kappa shape index (κ2) is 9.84. The smallest absolute Gasteiger partial charge is 0.374 e. The van der Waals surface area contributed by atoms with Crippen LogP contribution in [0, 0.1) is 5.82 Å². The normalized spacial score (nSPS) is 10.5. The van der Waals surface area contributed by atoms with Crippen LogP contribution < -0.4 is 10.1 Å². The highest BCUT2D eigenvalue weighted by Gasteiger charge is 2.17. The first-order valence-corrected chi connectivity index (χ1v) is 9.73. The summed E-state index contributed by atoms with van der Waals surface area (Å²) in [5.74, 6) is -0.884. The van der Waals surface area contributed by atoms with E-state index in [0.29, 0.717) is 22.9 Å².